The highest BCUT2D eigenvalue weighted by atomic mass is 19.1. The van der Waals surface area contributed by atoms with Crippen molar-refractivity contribution in [1.29, 1.82) is 0 Å². The molecule has 0 aliphatic heterocycles. The maximum absolute atomic E-state index is 11.8. The van der Waals surface area contributed by atoms with Crippen LogP contribution in [0.3, 0.4) is 0 Å². The molecule has 0 amide bonds. The highest BCUT2D eigenvalue weighted by Gasteiger charge is 2.03. The first kappa shape index (κ1) is 13.2. The summed E-state index contributed by atoms with van der Waals surface area (Å²) >= 11 is 0. The topological polar surface area (TPSA) is 54.5 Å². The number of halogens is 1. The SMILES string of the molecule is Cc1ccc2c(n1)[nH]c1ccncc12.Fc1ccccn1. The summed E-state index contributed by atoms with van der Waals surface area (Å²) in [5.41, 5.74) is 3.05. The van der Waals surface area contributed by atoms with Crippen molar-refractivity contribution in [3.8, 4) is 0 Å². The molecule has 0 saturated carbocycles. The lowest BCUT2D eigenvalue weighted by Gasteiger charge is -1.91. The van der Waals surface area contributed by atoms with Crippen LogP contribution in [-0.2, 0) is 0 Å². The van der Waals surface area contributed by atoms with Crippen LogP contribution < -0.4 is 0 Å². The Morgan fingerprint density at radius 1 is 1.00 bits per heavy atom. The van der Waals surface area contributed by atoms with Gasteiger partial charge < -0.3 is 4.98 Å². The van der Waals surface area contributed by atoms with Gasteiger partial charge in [0.1, 0.15) is 5.65 Å². The largest absolute Gasteiger partial charge is 0.339 e. The summed E-state index contributed by atoms with van der Waals surface area (Å²) in [6, 6.07) is 10.6. The molecule has 4 nitrogen and oxygen atoms in total. The van der Waals surface area contributed by atoms with Gasteiger partial charge in [-0.05, 0) is 37.3 Å². The van der Waals surface area contributed by atoms with Crippen LogP contribution in [0.15, 0.2) is 55.0 Å². The molecule has 0 fully saturated rings. The van der Waals surface area contributed by atoms with E-state index in [2.05, 4.69) is 26.0 Å². The van der Waals surface area contributed by atoms with Crippen LogP contribution in [0.4, 0.5) is 4.39 Å². The second-order valence-electron chi connectivity index (χ2n) is 4.55. The van der Waals surface area contributed by atoms with Gasteiger partial charge in [0.2, 0.25) is 5.95 Å². The third kappa shape index (κ3) is 2.86. The molecular formula is C16H13FN4. The molecule has 0 radical (unpaired) electrons. The molecule has 0 aromatic carbocycles. The molecule has 21 heavy (non-hydrogen) atoms. The third-order valence-corrected chi connectivity index (χ3v) is 3.03. The van der Waals surface area contributed by atoms with Crippen LogP contribution in [0.5, 0.6) is 0 Å². The minimum atomic E-state index is -0.428. The molecule has 4 aromatic rings. The lowest BCUT2D eigenvalue weighted by atomic mass is 10.2. The number of aryl methyl sites for hydroxylation is 1. The molecule has 104 valence electrons. The predicted molar refractivity (Wildman–Crippen MR) is 80.3 cm³/mol. The Bertz CT molecular complexity index is 871. The molecule has 0 unspecified atom stereocenters. The summed E-state index contributed by atoms with van der Waals surface area (Å²) in [4.78, 5) is 15.1. The summed E-state index contributed by atoms with van der Waals surface area (Å²) < 4.78 is 11.8. The number of pyridine rings is 3. The normalized spacial score (nSPS) is 10.4. The van der Waals surface area contributed by atoms with Gasteiger partial charge in [0, 0.05) is 35.1 Å². The fraction of sp³-hybridized carbons (Fsp3) is 0.0625. The van der Waals surface area contributed by atoms with Gasteiger partial charge in [-0.1, -0.05) is 6.07 Å². The quantitative estimate of drug-likeness (QED) is 0.500. The summed E-state index contributed by atoms with van der Waals surface area (Å²) in [5.74, 6) is -0.428. The minimum Gasteiger partial charge on any atom is -0.339 e. The summed E-state index contributed by atoms with van der Waals surface area (Å²) in [7, 11) is 0. The Morgan fingerprint density at radius 3 is 2.62 bits per heavy atom. The number of nitrogens with zero attached hydrogens (tertiary/aromatic N) is 3. The van der Waals surface area contributed by atoms with Crippen molar-refractivity contribution < 1.29 is 4.39 Å². The maximum Gasteiger partial charge on any atom is 0.212 e. The second-order valence-corrected chi connectivity index (χ2v) is 4.55. The van der Waals surface area contributed by atoms with Crippen molar-refractivity contribution in [2.24, 2.45) is 0 Å². The van der Waals surface area contributed by atoms with Gasteiger partial charge in [-0.2, -0.15) is 4.39 Å². The standard InChI is InChI=1S/C11H9N3.C5H4FN/c1-7-2-3-8-9-6-12-5-4-10(9)14-11(8)13-7;6-5-3-1-2-4-7-5/h2-6H,1H3,(H,13,14);1-4H. The van der Waals surface area contributed by atoms with Crippen molar-refractivity contribution in [1.82, 2.24) is 19.9 Å². The Kier molecular flexibility index (Phi) is 3.55. The van der Waals surface area contributed by atoms with E-state index in [9.17, 15) is 4.39 Å². The van der Waals surface area contributed by atoms with E-state index in [0.717, 1.165) is 27.6 Å². The van der Waals surface area contributed by atoms with Gasteiger partial charge in [-0.3, -0.25) is 4.98 Å². The molecule has 0 aliphatic carbocycles. The average Bonchev–Trinajstić information content (AvgIpc) is 2.86. The number of nitrogens with one attached hydrogen (secondary N) is 1. The first-order valence-electron chi connectivity index (χ1n) is 6.49. The molecule has 0 saturated heterocycles. The van der Waals surface area contributed by atoms with E-state index in [1.807, 2.05) is 25.3 Å². The average molecular weight is 280 g/mol. The number of fused-ring (bicyclic) bond motifs is 3. The Hall–Kier alpha value is -2.82. The van der Waals surface area contributed by atoms with Crippen molar-refractivity contribution in [3.63, 3.8) is 0 Å². The van der Waals surface area contributed by atoms with Crippen LogP contribution in [0.1, 0.15) is 5.69 Å². The molecule has 4 heterocycles. The fourth-order valence-corrected chi connectivity index (χ4v) is 2.06. The zero-order valence-electron chi connectivity index (χ0n) is 11.4. The van der Waals surface area contributed by atoms with Crippen molar-refractivity contribution in [3.05, 3.63) is 66.6 Å². The Labute approximate surface area is 120 Å². The highest BCUT2D eigenvalue weighted by molar-refractivity contribution is 6.05. The molecule has 0 aliphatic rings. The van der Waals surface area contributed by atoms with Crippen molar-refractivity contribution in [2.45, 2.75) is 6.92 Å². The van der Waals surface area contributed by atoms with E-state index >= 15 is 0 Å². The maximum atomic E-state index is 11.8. The molecule has 4 aromatic heterocycles. The Balaban J connectivity index is 0.000000160. The number of H-pyrrole nitrogens is 1. The summed E-state index contributed by atoms with van der Waals surface area (Å²) in [5, 5.41) is 2.27. The van der Waals surface area contributed by atoms with E-state index in [-0.39, 0.29) is 0 Å². The molecule has 0 atom stereocenters. The summed E-state index contributed by atoms with van der Waals surface area (Å²) in [6.07, 6.45) is 5.06. The number of hydrogen-bond donors (Lipinski definition) is 1. The fourth-order valence-electron chi connectivity index (χ4n) is 2.06. The van der Waals surface area contributed by atoms with E-state index in [4.69, 9.17) is 0 Å². The van der Waals surface area contributed by atoms with Crippen LogP contribution in [0, 0.1) is 12.9 Å². The highest BCUT2D eigenvalue weighted by Crippen LogP contribution is 2.22. The zero-order chi connectivity index (χ0) is 14.7. The molecule has 1 N–H and O–H groups in total. The minimum absolute atomic E-state index is 0.428. The van der Waals surface area contributed by atoms with Gasteiger partial charge in [-0.25, -0.2) is 9.97 Å². The van der Waals surface area contributed by atoms with Gasteiger partial charge >= 0.3 is 0 Å². The first-order chi connectivity index (χ1) is 10.2. The van der Waals surface area contributed by atoms with Crippen LogP contribution in [0.25, 0.3) is 21.9 Å². The van der Waals surface area contributed by atoms with E-state index in [1.165, 1.54) is 12.3 Å². The number of rotatable bonds is 0. The smallest absolute Gasteiger partial charge is 0.212 e. The predicted octanol–water partition coefficient (Wildman–Crippen LogP) is 3.64. The van der Waals surface area contributed by atoms with E-state index in [0.29, 0.717) is 0 Å². The second kappa shape index (κ2) is 5.66. The number of aromatic amines is 1. The molecule has 5 heteroatoms. The monoisotopic (exact) mass is 280 g/mol. The third-order valence-electron chi connectivity index (χ3n) is 3.03. The first-order valence-corrected chi connectivity index (χ1v) is 6.49. The van der Waals surface area contributed by atoms with Gasteiger partial charge in [0.05, 0.1) is 5.52 Å². The number of hydrogen-bond acceptors (Lipinski definition) is 3. The zero-order valence-corrected chi connectivity index (χ0v) is 11.4. The van der Waals surface area contributed by atoms with Gasteiger partial charge in [0.25, 0.3) is 0 Å². The van der Waals surface area contributed by atoms with Crippen LogP contribution >= 0.6 is 0 Å². The molecule has 0 bridgehead atoms. The molecule has 0 spiro atoms. The van der Waals surface area contributed by atoms with Gasteiger partial charge in [0.15, 0.2) is 0 Å². The van der Waals surface area contributed by atoms with E-state index < -0.39 is 5.95 Å². The van der Waals surface area contributed by atoms with Gasteiger partial charge in [-0.15, -0.1) is 0 Å². The van der Waals surface area contributed by atoms with Crippen molar-refractivity contribution in [2.75, 3.05) is 0 Å². The van der Waals surface area contributed by atoms with E-state index in [1.54, 1.807) is 18.3 Å². The summed E-state index contributed by atoms with van der Waals surface area (Å²) in [6.45, 7) is 1.99. The lowest BCUT2D eigenvalue weighted by Crippen LogP contribution is -1.79. The van der Waals surface area contributed by atoms with Crippen molar-refractivity contribution >= 4 is 21.9 Å². The lowest BCUT2D eigenvalue weighted by molar-refractivity contribution is 0.584. The Morgan fingerprint density at radius 2 is 1.90 bits per heavy atom. The molecule has 4 rings (SSSR count). The van der Waals surface area contributed by atoms with Crippen LogP contribution in [0.2, 0.25) is 0 Å². The molecular weight excluding hydrogens is 267 g/mol. The van der Waals surface area contributed by atoms with Crippen LogP contribution in [-0.4, -0.2) is 19.9 Å². The number of aromatic nitrogens is 4.